The Hall–Kier alpha value is -14.9. The van der Waals surface area contributed by atoms with Crippen molar-refractivity contribution in [3.05, 3.63) is 411 Å². The van der Waals surface area contributed by atoms with Gasteiger partial charge in [0.2, 0.25) is 0 Å². The van der Waals surface area contributed by atoms with Gasteiger partial charge >= 0.3 is 0 Å². The van der Waals surface area contributed by atoms with E-state index in [-0.39, 0.29) is 13.4 Å². The molecule has 0 bridgehead atoms. The first-order chi connectivity index (χ1) is 57.8. The van der Waals surface area contributed by atoms with E-state index < -0.39 is 6.71 Å². The van der Waals surface area contributed by atoms with Crippen molar-refractivity contribution in [2.45, 2.75) is 20.8 Å². The number of hydrogen-bond acceptors (Lipinski definition) is 9. The lowest BCUT2D eigenvalue weighted by molar-refractivity contribution is 0.487. The number of aryl methyl sites for hydroxylation is 3. The van der Waals surface area contributed by atoms with Gasteiger partial charge in [0.25, 0.3) is 20.1 Å². The summed E-state index contributed by atoms with van der Waals surface area (Å²) in [4.78, 5) is 17.4. The van der Waals surface area contributed by atoms with E-state index >= 15 is 0 Å². The number of benzene rings is 17. The normalized spacial score (nSPS) is 13.1. The summed E-state index contributed by atoms with van der Waals surface area (Å²) in [7, 11) is 0. The van der Waals surface area contributed by atoms with Gasteiger partial charge in [-0.05, 0) is 232 Å². The predicted octanol–water partition coefficient (Wildman–Crippen LogP) is 21.9. The summed E-state index contributed by atoms with van der Waals surface area (Å²) in [5.41, 5.74) is 35.9. The van der Waals surface area contributed by atoms with E-state index in [1.54, 1.807) is 0 Å². The molecule has 17 aromatic rings. The van der Waals surface area contributed by atoms with E-state index in [9.17, 15) is 0 Å². The standard InChI is InChI=1S/C105H74B3N7O2/c1-69-35-25-30-54-88(69)113-92-67-93-85(65-84(92)106-82-52-28-33-57-91(82)112(78-50-23-10-24-51-78)95-59-79(60-96(113)103(95)106)109(72-38-11-4-12-39-72)73-40-13-5-14-41-73)108-87-66-86-94(68-100(87)117-102-64-81(62-98(105(102)108)114(93)89-55-31-26-36-70(89)2)111(76-46-19-8-20-47-76)77-48-21-9-22-49-77)115(90-56-32-27-37-71(90)3)97-61-80(63-101-104(97)107(86)83-53-29-34-58-99(83)116-101)110(74-42-15-6-16-43-74)75-44-17-7-18-45-75/h4-68H,1-3H3. The molecule has 0 saturated carbocycles. The average Bonchev–Trinajstić information content (AvgIpc) is 0.683. The largest absolute Gasteiger partial charge is 0.458 e. The fourth-order valence-corrected chi connectivity index (χ4v) is 19.6. The van der Waals surface area contributed by atoms with Crippen LogP contribution in [-0.2, 0) is 0 Å². The minimum Gasteiger partial charge on any atom is -0.458 e. The van der Waals surface area contributed by atoms with Gasteiger partial charge in [-0.3, -0.25) is 0 Å². The molecular formula is C105H74B3N7O2. The number of rotatable bonds is 13. The Kier molecular flexibility index (Phi) is 15.8. The first-order valence-corrected chi connectivity index (χ1v) is 40.4. The van der Waals surface area contributed by atoms with Gasteiger partial charge < -0.3 is 43.8 Å². The summed E-state index contributed by atoms with van der Waals surface area (Å²) in [5.74, 6) is 3.20. The van der Waals surface area contributed by atoms with Crippen molar-refractivity contribution in [2.75, 3.05) is 34.3 Å². The van der Waals surface area contributed by atoms with Crippen LogP contribution in [0.1, 0.15) is 16.7 Å². The van der Waals surface area contributed by atoms with E-state index in [1.165, 1.54) is 21.9 Å². The Balaban J connectivity index is 0.836. The second-order valence-corrected chi connectivity index (χ2v) is 31.2. The lowest BCUT2D eigenvalue weighted by Crippen LogP contribution is -2.65. The second kappa shape index (κ2) is 27.2. The molecule has 0 unspecified atom stereocenters. The zero-order valence-electron chi connectivity index (χ0n) is 64.7. The Morgan fingerprint density at radius 1 is 0.188 bits per heavy atom. The number of anilines is 21. The van der Waals surface area contributed by atoms with Crippen LogP contribution in [0.15, 0.2) is 394 Å². The molecular weight excluding hydrogens is 1420 g/mol. The first kappa shape index (κ1) is 67.8. The van der Waals surface area contributed by atoms with Crippen molar-refractivity contribution >= 4 is 189 Å². The molecule has 0 aliphatic carbocycles. The number of hydrogen-bond donors (Lipinski definition) is 0. The highest BCUT2D eigenvalue weighted by atomic mass is 16.5. The maximum atomic E-state index is 8.12. The van der Waals surface area contributed by atoms with Gasteiger partial charge in [0.15, 0.2) is 0 Å². The lowest BCUT2D eigenvalue weighted by Gasteiger charge is -2.47. The molecule has 0 radical (unpaired) electrons. The van der Waals surface area contributed by atoms with Crippen LogP contribution in [0.4, 0.5) is 119 Å². The zero-order chi connectivity index (χ0) is 77.5. The van der Waals surface area contributed by atoms with Crippen molar-refractivity contribution in [3.8, 4) is 23.0 Å². The molecule has 17 aromatic carbocycles. The number of ether oxygens (including phenoxy) is 2. The van der Waals surface area contributed by atoms with Crippen LogP contribution >= 0.6 is 0 Å². The quantitative estimate of drug-likeness (QED) is 0.105. The fraction of sp³-hybridized carbons (Fsp3) is 0.0286. The van der Waals surface area contributed by atoms with E-state index in [4.69, 9.17) is 9.47 Å². The van der Waals surface area contributed by atoms with Crippen LogP contribution < -0.4 is 92.9 Å². The first-order valence-electron chi connectivity index (χ1n) is 40.4. The average molecular weight is 1500 g/mol. The van der Waals surface area contributed by atoms with E-state index in [0.717, 1.165) is 186 Å². The summed E-state index contributed by atoms with van der Waals surface area (Å²) in [6, 6.07) is 145. The molecule has 0 fully saturated rings. The monoisotopic (exact) mass is 1500 g/mol. The van der Waals surface area contributed by atoms with Gasteiger partial charge in [0.1, 0.15) is 23.0 Å². The van der Waals surface area contributed by atoms with Crippen LogP contribution in [0.2, 0.25) is 0 Å². The highest BCUT2D eigenvalue weighted by Crippen LogP contribution is 2.54. The predicted molar refractivity (Wildman–Crippen MR) is 490 cm³/mol. The molecule has 23 rings (SSSR count). The number of para-hydroxylation sites is 12. The molecule has 0 amide bonds. The summed E-state index contributed by atoms with van der Waals surface area (Å²) in [6.45, 7) is 5.85. The molecule has 0 saturated heterocycles. The third-order valence-electron chi connectivity index (χ3n) is 24.6. The minimum absolute atomic E-state index is 0.257. The van der Waals surface area contributed by atoms with Gasteiger partial charge in [-0.15, -0.1) is 0 Å². The molecule has 0 aromatic heterocycles. The molecule has 0 spiro atoms. The van der Waals surface area contributed by atoms with Crippen LogP contribution in [-0.4, -0.2) is 20.1 Å². The van der Waals surface area contributed by atoms with Gasteiger partial charge in [0.05, 0.1) is 17.1 Å². The van der Waals surface area contributed by atoms with Crippen molar-refractivity contribution < 1.29 is 9.47 Å². The van der Waals surface area contributed by atoms with Gasteiger partial charge in [0, 0.05) is 121 Å². The fourth-order valence-electron chi connectivity index (χ4n) is 19.6. The summed E-state index contributed by atoms with van der Waals surface area (Å²) >= 11 is 0. The summed E-state index contributed by atoms with van der Waals surface area (Å²) < 4.78 is 15.5. The van der Waals surface area contributed by atoms with E-state index in [2.05, 4.69) is 449 Å². The number of fused-ring (bicyclic) bond motifs is 12. The third kappa shape index (κ3) is 10.7. The van der Waals surface area contributed by atoms with Gasteiger partial charge in [-0.1, -0.05) is 231 Å². The Morgan fingerprint density at radius 3 is 0.906 bits per heavy atom. The lowest BCUT2D eigenvalue weighted by atomic mass is 9.29. The number of nitrogens with zero attached hydrogens (tertiary/aromatic N) is 7. The molecule has 0 N–H and O–H groups in total. The molecule has 6 aliphatic heterocycles. The topological polar surface area (TPSA) is 41.1 Å². The molecule has 6 aliphatic rings. The van der Waals surface area contributed by atoms with Crippen LogP contribution in [0, 0.1) is 20.8 Å². The zero-order valence-corrected chi connectivity index (χ0v) is 64.7. The Labute approximate surface area is 682 Å². The van der Waals surface area contributed by atoms with Gasteiger partial charge in [-0.25, -0.2) is 0 Å². The van der Waals surface area contributed by atoms with Gasteiger partial charge in [-0.2, -0.15) is 0 Å². The highest BCUT2D eigenvalue weighted by molar-refractivity contribution is 7.04. The Bertz CT molecular complexity index is 6710. The third-order valence-corrected chi connectivity index (χ3v) is 24.6. The second-order valence-electron chi connectivity index (χ2n) is 31.2. The van der Waals surface area contributed by atoms with Crippen molar-refractivity contribution in [2.24, 2.45) is 0 Å². The molecule has 550 valence electrons. The minimum atomic E-state index is -0.392. The SMILES string of the molecule is Cc1ccccc1N1c2cc3c(cc2B2c4ccccc4Oc4cc(N(c5ccccc5)c5ccccc5)cc1c42)B1c2cc4c(cc2N(c2ccccc2C)c2cc(N(c5ccccc5)c5ccccc5)cc(c21)O3)N(c1ccccc1C)c1cc(N(c2ccccc2)c2ccccc2)cc2c1B4c1ccccc1N2c1ccccc1. The van der Waals surface area contributed by atoms with Crippen molar-refractivity contribution in [1.29, 1.82) is 0 Å². The van der Waals surface area contributed by atoms with E-state index in [0.29, 0.717) is 0 Å². The molecule has 6 heterocycles. The Morgan fingerprint density at radius 2 is 0.487 bits per heavy atom. The molecule has 117 heavy (non-hydrogen) atoms. The van der Waals surface area contributed by atoms with Crippen LogP contribution in [0.3, 0.4) is 0 Å². The van der Waals surface area contributed by atoms with Crippen molar-refractivity contribution in [1.82, 2.24) is 0 Å². The molecule has 12 heteroatoms. The van der Waals surface area contributed by atoms with Crippen molar-refractivity contribution in [3.63, 3.8) is 0 Å². The highest BCUT2D eigenvalue weighted by Gasteiger charge is 2.51. The summed E-state index contributed by atoms with van der Waals surface area (Å²) in [6.07, 6.45) is 0. The van der Waals surface area contributed by atoms with Crippen LogP contribution in [0.25, 0.3) is 0 Å². The maximum absolute atomic E-state index is 8.12. The smallest absolute Gasteiger partial charge is 0.256 e. The molecule has 9 nitrogen and oxygen atoms in total. The maximum Gasteiger partial charge on any atom is 0.256 e. The van der Waals surface area contributed by atoms with E-state index in [1.807, 2.05) is 0 Å². The van der Waals surface area contributed by atoms with Crippen LogP contribution in [0.5, 0.6) is 23.0 Å². The molecule has 0 atom stereocenters. The summed E-state index contributed by atoms with van der Waals surface area (Å²) in [5, 5.41) is 0.